The Labute approximate surface area is 152 Å². The molecule has 3 rings (SSSR count). The second kappa shape index (κ2) is 6.89. The molecule has 0 unspecified atom stereocenters. The van der Waals surface area contributed by atoms with Crippen LogP contribution >= 0.6 is 35.0 Å². The zero-order valence-corrected chi connectivity index (χ0v) is 14.9. The van der Waals surface area contributed by atoms with Crippen LogP contribution in [0.3, 0.4) is 0 Å². The Morgan fingerprint density at radius 1 is 1.04 bits per heavy atom. The third-order valence-corrected chi connectivity index (χ3v) is 5.27. The molecule has 4 nitrogen and oxygen atoms in total. The van der Waals surface area contributed by atoms with Gasteiger partial charge in [0, 0.05) is 27.1 Å². The number of nitrogens with one attached hydrogen (secondary N) is 1. The summed E-state index contributed by atoms with van der Waals surface area (Å²) >= 11 is 13.8. The van der Waals surface area contributed by atoms with Crippen molar-refractivity contribution in [1.29, 1.82) is 0 Å². The average molecular weight is 379 g/mol. The topological polar surface area (TPSA) is 54.9 Å². The molecule has 0 amide bonds. The third-order valence-electron chi connectivity index (χ3n) is 3.35. The van der Waals surface area contributed by atoms with Gasteiger partial charge in [0.05, 0.1) is 10.7 Å². The molecule has 0 saturated carbocycles. The lowest BCUT2D eigenvalue weighted by Crippen LogP contribution is -2.27. The largest absolute Gasteiger partial charge is 0.332 e. The maximum Gasteiger partial charge on any atom is 0.332 e. The van der Waals surface area contributed by atoms with Crippen LogP contribution in [0.5, 0.6) is 0 Å². The Kier molecular flexibility index (Phi) is 4.85. The summed E-state index contributed by atoms with van der Waals surface area (Å²) < 4.78 is 1.34. The SMILES string of the molecule is Cc1cc(-n2ccc(=O)[nH]c2=O)cc(Cl)c1Sc1ccc(Cl)cc1. The third kappa shape index (κ3) is 3.59. The lowest BCUT2D eigenvalue weighted by molar-refractivity contribution is 0.893. The first-order valence-electron chi connectivity index (χ1n) is 7.00. The molecule has 1 aromatic heterocycles. The lowest BCUT2D eigenvalue weighted by atomic mass is 10.2. The van der Waals surface area contributed by atoms with Gasteiger partial charge in [0.1, 0.15) is 0 Å². The number of benzene rings is 2. The predicted octanol–water partition coefficient (Wildman–Crippen LogP) is 4.29. The number of hydrogen-bond acceptors (Lipinski definition) is 3. The first kappa shape index (κ1) is 16.9. The molecule has 0 bridgehead atoms. The minimum atomic E-state index is -0.504. The number of rotatable bonds is 3. The van der Waals surface area contributed by atoms with Crippen LogP contribution in [0.4, 0.5) is 0 Å². The minimum Gasteiger partial charge on any atom is -0.274 e. The number of H-pyrrole nitrogens is 1. The fourth-order valence-corrected chi connectivity index (χ4v) is 3.61. The summed E-state index contributed by atoms with van der Waals surface area (Å²) in [4.78, 5) is 27.2. The van der Waals surface area contributed by atoms with Crippen molar-refractivity contribution in [2.75, 3.05) is 0 Å². The van der Waals surface area contributed by atoms with Crippen LogP contribution < -0.4 is 11.2 Å². The highest BCUT2D eigenvalue weighted by atomic mass is 35.5. The molecule has 0 spiro atoms. The zero-order valence-electron chi connectivity index (χ0n) is 12.5. The molecule has 0 fully saturated rings. The average Bonchev–Trinajstić information content (AvgIpc) is 2.52. The van der Waals surface area contributed by atoms with E-state index in [4.69, 9.17) is 23.2 Å². The van der Waals surface area contributed by atoms with Crippen LogP contribution in [0.15, 0.2) is 68.0 Å². The van der Waals surface area contributed by atoms with Crippen LogP contribution in [0.2, 0.25) is 10.0 Å². The van der Waals surface area contributed by atoms with Gasteiger partial charge in [-0.3, -0.25) is 14.3 Å². The van der Waals surface area contributed by atoms with Gasteiger partial charge in [0.25, 0.3) is 5.56 Å². The Morgan fingerprint density at radius 3 is 2.38 bits per heavy atom. The van der Waals surface area contributed by atoms with Crippen molar-refractivity contribution >= 4 is 35.0 Å². The predicted molar refractivity (Wildman–Crippen MR) is 98.0 cm³/mol. The number of aryl methyl sites for hydroxylation is 1. The molecule has 0 atom stereocenters. The molecular weight excluding hydrogens is 367 g/mol. The fourth-order valence-electron chi connectivity index (χ4n) is 2.22. The van der Waals surface area contributed by atoms with E-state index in [-0.39, 0.29) is 0 Å². The summed E-state index contributed by atoms with van der Waals surface area (Å²) in [7, 11) is 0. The van der Waals surface area contributed by atoms with Crippen LogP contribution in [0.1, 0.15) is 5.56 Å². The highest BCUT2D eigenvalue weighted by Gasteiger charge is 2.11. The van der Waals surface area contributed by atoms with E-state index in [0.29, 0.717) is 15.7 Å². The highest BCUT2D eigenvalue weighted by molar-refractivity contribution is 7.99. The van der Waals surface area contributed by atoms with Crippen LogP contribution in [-0.2, 0) is 0 Å². The molecular formula is C17H12Cl2N2O2S. The van der Waals surface area contributed by atoms with Crippen molar-refractivity contribution in [3.8, 4) is 5.69 Å². The Morgan fingerprint density at radius 2 is 1.75 bits per heavy atom. The monoisotopic (exact) mass is 378 g/mol. The molecule has 3 aromatic rings. The number of nitrogens with zero attached hydrogens (tertiary/aromatic N) is 1. The summed E-state index contributed by atoms with van der Waals surface area (Å²) in [6, 6.07) is 12.3. The Balaban J connectivity index is 2.01. The molecule has 2 aromatic carbocycles. The van der Waals surface area contributed by atoms with E-state index in [0.717, 1.165) is 15.4 Å². The molecule has 0 aliphatic carbocycles. The molecule has 1 heterocycles. The smallest absolute Gasteiger partial charge is 0.274 e. The van der Waals surface area contributed by atoms with Gasteiger partial charge < -0.3 is 0 Å². The molecule has 1 N–H and O–H groups in total. The van der Waals surface area contributed by atoms with Crippen LogP contribution in [0, 0.1) is 6.92 Å². The molecule has 0 aliphatic rings. The maximum absolute atomic E-state index is 11.9. The number of halogens is 2. The highest BCUT2D eigenvalue weighted by Crippen LogP contribution is 2.37. The number of hydrogen-bond donors (Lipinski definition) is 1. The molecule has 0 aliphatic heterocycles. The maximum atomic E-state index is 11.9. The molecule has 122 valence electrons. The number of aromatic amines is 1. The van der Waals surface area contributed by atoms with Crippen molar-refractivity contribution in [3.63, 3.8) is 0 Å². The van der Waals surface area contributed by atoms with Crippen molar-refractivity contribution in [1.82, 2.24) is 9.55 Å². The summed E-state index contributed by atoms with van der Waals surface area (Å²) in [5.41, 5.74) is 0.583. The summed E-state index contributed by atoms with van der Waals surface area (Å²) in [6.45, 7) is 1.92. The molecule has 24 heavy (non-hydrogen) atoms. The summed E-state index contributed by atoms with van der Waals surface area (Å²) in [6.07, 6.45) is 1.43. The first-order valence-corrected chi connectivity index (χ1v) is 8.57. The van der Waals surface area contributed by atoms with Crippen molar-refractivity contribution in [3.05, 3.63) is 85.1 Å². The van der Waals surface area contributed by atoms with Crippen molar-refractivity contribution in [2.24, 2.45) is 0 Å². The second-order valence-corrected chi connectivity index (χ2v) is 7.04. The van der Waals surface area contributed by atoms with Gasteiger partial charge in [-0.05, 0) is 48.9 Å². The van der Waals surface area contributed by atoms with E-state index in [1.807, 2.05) is 37.3 Å². The summed E-state index contributed by atoms with van der Waals surface area (Å²) in [5.74, 6) is 0. The standard InChI is InChI=1S/C17H12Cl2N2O2S/c1-10-8-12(21-7-6-15(22)20-17(21)23)9-14(19)16(10)24-13-4-2-11(18)3-5-13/h2-9H,1H3,(H,20,22,23). The van der Waals surface area contributed by atoms with Gasteiger partial charge >= 0.3 is 5.69 Å². The second-order valence-electron chi connectivity index (χ2n) is 5.11. The van der Waals surface area contributed by atoms with Crippen LogP contribution in [0.25, 0.3) is 5.69 Å². The van der Waals surface area contributed by atoms with E-state index < -0.39 is 11.2 Å². The van der Waals surface area contributed by atoms with E-state index >= 15 is 0 Å². The normalized spacial score (nSPS) is 10.8. The van der Waals surface area contributed by atoms with Gasteiger partial charge in [-0.15, -0.1) is 0 Å². The first-order chi connectivity index (χ1) is 11.4. The zero-order chi connectivity index (χ0) is 17.3. The van der Waals surface area contributed by atoms with Gasteiger partial charge in [0.2, 0.25) is 0 Å². The molecule has 0 radical (unpaired) electrons. The number of aromatic nitrogens is 2. The van der Waals surface area contributed by atoms with Gasteiger partial charge in [-0.1, -0.05) is 35.0 Å². The van der Waals surface area contributed by atoms with E-state index in [2.05, 4.69) is 4.98 Å². The van der Waals surface area contributed by atoms with E-state index in [1.165, 1.54) is 28.6 Å². The van der Waals surface area contributed by atoms with Crippen LogP contribution in [-0.4, -0.2) is 9.55 Å². The van der Waals surface area contributed by atoms with Gasteiger partial charge in [-0.2, -0.15) is 0 Å². The molecule has 0 saturated heterocycles. The Hall–Kier alpha value is -1.95. The van der Waals surface area contributed by atoms with Gasteiger partial charge in [0.15, 0.2) is 0 Å². The molecule has 7 heteroatoms. The van der Waals surface area contributed by atoms with Crippen molar-refractivity contribution in [2.45, 2.75) is 16.7 Å². The Bertz CT molecular complexity index is 987. The lowest BCUT2D eigenvalue weighted by Gasteiger charge is -2.12. The van der Waals surface area contributed by atoms with E-state index in [9.17, 15) is 9.59 Å². The van der Waals surface area contributed by atoms with E-state index in [1.54, 1.807) is 6.07 Å². The quantitative estimate of drug-likeness (QED) is 0.739. The fraction of sp³-hybridized carbons (Fsp3) is 0.0588. The summed E-state index contributed by atoms with van der Waals surface area (Å²) in [5, 5.41) is 1.21. The van der Waals surface area contributed by atoms with Gasteiger partial charge in [-0.25, -0.2) is 4.79 Å². The minimum absolute atomic E-state index is 0.436. The van der Waals surface area contributed by atoms with Crippen molar-refractivity contribution < 1.29 is 0 Å².